The predicted octanol–water partition coefficient (Wildman–Crippen LogP) is 3.72. The first-order valence-corrected chi connectivity index (χ1v) is 10.3. The molecule has 1 saturated heterocycles. The molecular formula is C23H26N4O2. The molecule has 6 nitrogen and oxygen atoms in total. The van der Waals surface area contributed by atoms with Crippen molar-refractivity contribution >= 4 is 5.91 Å². The molecule has 4 rings (SSSR count). The molecule has 150 valence electrons. The largest absolute Gasteiger partial charge is 0.351 e. The Bertz CT molecular complexity index is 942. The topological polar surface area (TPSA) is 80.0 Å². The van der Waals surface area contributed by atoms with Gasteiger partial charge in [-0.2, -0.15) is 4.98 Å². The Labute approximate surface area is 170 Å². The van der Waals surface area contributed by atoms with Crippen molar-refractivity contribution in [2.45, 2.75) is 45.2 Å². The summed E-state index contributed by atoms with van der Waals surface area (Å²) in [6.07, 6.45) is 4.16. The molecule has 1 aromatic heterocycles. The van der Waals surface area contributed by atoms with E-state index in [1.807, 2.05) is 36.4 Å². The molecule has 2 heterocycles. The molecule has 29 heavy (non-hydrogen) atoms. The van der Waals surface area contributed by atoms with Crippen LogP contribution in [0.2, 0.25) is 0 Å². The van der Waals surface area contributed by atoms with Crippen LogP contribution in [0.25, 0.3) is 22.8 Å². The summed E-state index contributed by atoms with van der Waals surface area (Å²) in [5.74, 6) is 1.14. The monoisotopic (exact) mass is 390 g/mol. The van der Waals surface area contributed by atoms with E-state index in [0.29, 0.717) is 18.3 Å². The van der Waals surface area contributed by atoms with Crippen LogP contribution in [0.1, 0.15) is 37.3 Å². The number of nitrogens with one attached hydrogen (secondary N) is 2. The quantitative estimate of drug-likeness (QED) is 0.643. The summed E-state index contributed by atoms with van der Waals surface area (Å²) < 4.78 is 5.45. The van der Waals surface area contributed by atoms with Gasteiger partial charge < -0.3 is 15.2 Å². The minimum absolute atomic E-state index is 0.0527. The second-order valence-electron chi connectivity index (χ2n) is 7.43. The molecule has 2 N–H and O–H groups in total. The molecule has 1 aliphatic heterocycles. The molecule has 2 aromatic carbocycles. The van der Waals surface area contributed by atoms with Crippen LogP contribution in [-0.4, -0.2) is 28.6 Å². The second-order valence-corrected chi connectivity index (χ2v) is 7.43. The van der Waals surface area contributed by atoms with Gasteiger partial charge in [0, 0.05) is 17.7 Å². The van der Waals surface area contributed by atoms with Crippen molar-refractivity contribution in [2.75, 3.05) is 6.54 Å². The van der Waals surface area contributed by atoms with Crippen LogP contribution < -0.4 is 10.6 Å². The Balaban J connectivity index is 1.38. The highest BCUT2D eigenvalue weighted by Gasteiger charge is 2.21. The Kier molecular flexibility index (Phi) is 6.00. The number of aryl methyl sites for hydroxylation is 1. The fourth-order valence-corrected chi connectivity index (χ4v) is 3.55. The van der Waals surface area contributed by atoms with Gasteiger partial charge >= 0.3 is 0 Å². The lowest BCUT2D eigenvalue weighted by molar-refractivity contribution is -0.122. The van der Waals surface area contributed by atoms with E-state index in [9.17, 15) is 4.79 Å². The van der Waals surface area contributed by atoms with Crippen molar-refractivity contribution in [3.8, 4) is 22.8 Å². The molecule has 1 unspecified atom stereocenters. The number of amides is 1. The van der Waals surface area contributed by atoms with Crippen molar-refractivity contribution in [1.82, 2.24) is 20.8 Å². The summed E-state index contributed by atoms with van der Waals surface area (Å²) >= 11 is 0. The number of nitrogens with zero attached hydrogens (tertiary/aromatic N) is 2. The zero-order chi connectivity index (χ0) is 20.1. The smallest absolute Gasteiger partial charge is 0.258 e. The highest BCUT2D eigenvalue weighted by atomic mass is 16.5. The van der Waals surface area contributed by atoms with E-state index in [1.165, 1.54) is 5.56 Å². The van der Waals surface area contributed by atoms with Crippen molar-refractivity contribution < 1.29 is 9.32 Å². The van der Waals surface area contributed by atoms with Gasteiger partial charge in [-0.3, -0.25) is 4.79 Å². The fraction of sp³-hybridized carbons (Fsp3) is 0.348. The zero-order valence-corrected chi connectivity index (χ0v) is 16.6. The van der Waals surface area contributed by atoms with Crippen LogP contribution in [0.3, 0.4) is 0 Å². The molecule has 0 aliphatic carbocycles. The van der Waals surface area contributed by atoms with Crippen LogP contribution in [0, 0.1) is 0 Å². The van der Waals surface area contributed by atoms with E-state index >= 15 is 0 Å². The molecule has 0 spiro atoms. The van der Waals surface area contributed by atoms with Crippen molar-refractivity contribution in [3.63, 3.8) is 0 Å². The number of benzene rings is 2. The number of hydrogen-bond donors (Lipinski definition) is 2. The summed E-state index contributed by atoms with van der Waals surface area (Å²) in [6.45, 7) is 3.60. The lowest BCUT2D eigenvalue weighted by atomic mass is 10.1. The molecule has 3 aromatic rings. The third-order valence-electron chi connectivity index (χ3n) is 5.22. The maximum atomic E-state index is 12.1. The molecule has 1 aliphatic rings. The Morgan fingerprint density at radius 2 is 1.83 bits per heavy atom. The first-order valence-electron chi connectivity index (χ1n) is 10.3. The van der Waals surface area contributed by atoms with Gasteiger partial charge in [0.05, 0.1) is 6.04 Å². The first-order chi connectivity index (χ1) is 14.2. The van der Waals surface area contributed by atoms with E-state index in [0.717, 1.165) is 48.9 Å². The molecule has 1 fully saturated rings. The number of rotatable bonds is 7. The minimum Gasteiger partial charge on any atom is -0.351 e. The van der Waals surface area contributed by atoms with E-state index in [4.69, 9.17) is 4.52 Å². The van der Waals surface area contributed by atoms with Gasteiger partial charge in [0.15, 0.2) is 0 Å². The Morgan fingerprint density at radius 3 is 2.52 bits per heavy atom. The molecular weight excluding hydrogens is 364 g/mol. The Morgan fingerprint density at radius 1 is 1.10 bits per heavy atom. The van der Waals surface area contributed by atoms with Crippen molar-refractivity contribution in [2.24, 2.45) is 0 Å². The van der Waals surface area contributed by atoms with Gasteiger partial charge in [-0.15, -0.1) is 0 Å². The lowest BCUT2D eigenvalue weighted by Crippen LogP contribution is -2.39. The molecule has 6 heteroatoms. The summed E-state index contributed by atoms with van der Waals surface area (Å²) in [6, 6.07) is 16.1. The van der Waals surface area contributed by atoms with Crippen LogP contribution in [0.4, 0.5) is 0 Å². The summed E-state index contributed by atoms with van der Waals surface area (Å²) in [7, 11) is 0. The fourth-order valence-electron chi connectivity index (χ4n) is 3.55. The minimum atomic E-state index is -0.0527. The van der Waals surface area contributed by atoms with E-state index < -0.39 is 0 Å². The van der Waals surface area contributed by atoms with Gasteiger partial charge in [-0.1, -0.05) is 54.9 Å². The average molecular weight is 390 g/mol. The maximum absolute atomic E-state index is 12.1. The third-order valence-corrected chi connectivity index (χ3v) is 5.22. The van der Waals surface area contributed by atoms with Gasteiger partial charge in [0.2, 0.25) is 11.7 Å². The van der Waals surface area contributed by atoms with Gasteiger partial charge in [0.1, 0.15) is 0 Å². The van der Waals surface area contributed by atoms with Crippen LogP contribution in [-0.2, 0) is 17.8 Å². The van der Waals surface area contributed by atoms with E-state index in [2.05, 4.69) is 39.8 Å². The summed E-state index contributed by atoms with van der Waals surface area (Å²) in [5, 5.41) is 10.3. The predicted molar refractivity (Wildman–Crippen MR) is 112 cm³/mol. The van der Waals surface area contributed by atoms with Crippen LogP contribution >= 0.6 is 0 Å². The SMILES string of the molecule is CCCc1ccc(-c2nc(-c3ccc(CNC(=O)C4CCCN4)cc3)no2)cc1. The highest BCUT2D eigenvalue weighted by Crippen LogP contribution is 2.23. The molecule has 0 bridgehead atoms. The van der Waals surface area contributed by atoms with Crippen LogP contribution in [0.15, 0.2) is 53.1 Å². The Hall–Kier alpha value is -2.99. The van der Waals surface area contributed by atoms with E-state index in [1.54, 1.807) is 0 Å². The third kappa shape index (κ3) is 4.71. The number of carbonyl (C=O) groups excluding carboxylic acids is 1. The molecule has 0 radical (unpaired) electrons. The first kappa shape index (κ1) is 19.3. The molecule has 1 amide bonds. The van der Waals surface area contributed by atoms with Gasteiger partial charge in [-0.05, 0) is 49.1 Å². The molecule has 1 atom stereocenters. The zero-order valence-electron chi connectivity index (χ0n) is 16.6. The normalized spacial score (nSPS) is 16.1. The number of aromatic nitrogens is 2. The van der Waals surface area contributed by atoms with Crippen molar-refractivity contribution in [3.05, 3.63) is 59.7 Å². The number of carbonyl (C=O) groups is 1. The van der Waals surface area contributed by atoms with Crippen LogP contribution in [0.5, 0.6) is 0 Å². The van der Waals surface area contributed by atoms with E-state index in [-0.39, 0.29) is 11.9 Å². The molecule has 0 saturated carbocycles. The van der Waals surface area contributed by atoms with Crippen molar-refractivity contribution in [1.29, 1.82) is 0 Å². The number of hydrogen-bond acceptors (Lipinski definition) is 5. The standard InChI is InChI=1S/C23H26N4O2/c1-2-4-16-6-12-19(13-7-16)23-26-21(27-29-23)18-10-8-17(9-11-18)15-25-22(28)20-5-3-14-24-20/h6-13,20,24H,2-5,14-15H2,1H3,(H,25,28). The second kappa shape index (κ2) is 9.01. The van der Waals surface area contributed by atoms with Gasteiger partial charge in [0.25, 0.3) is 5.89 Å². The average Bonchev–Trinajstić information content (AvgIpc) is 3.46. The summed E-state index contributed by atoms with van der Waals surface area (Å²) in [4.78, 5) is 16.6. The maximum Gasteiger partial charge on any atom is 0.258 e. The van der Waals surface area contributed by atoms with Gasteiger partial charge in [-0.25, -0.2) is 0 Å². The lowest BCUT2D eigenvalue weighted by Gasteiger charge is -2.11. The summed E-state index contributed by atoms with van der Waals surface area (Å²) in [5.41, 5.74) is 4.15. The highest BCUT2D eigenvalue weighted by molar-refractivity contribution is 5.82.